The highest BCUT2D eigenvalue weighted by Gasteiger charge is 2.01. The van der Waals surface area contributed by atoms with Gasteiger partial charge >= 0.3 is 0 Å². The Balaban J connectivity index is 2.38. The molecule has 1 aromatic rings. The SMILES string of the molecule is CCONC(C)=CCOc1ccc(OC(C)CC)cc1. The smallest absolute Gasteiger partial charge is 0.120 e. The standard InChI is InChI=1S/C16H25NO3/c1-5-14(4)20-16-9-7-15(8-10-16)18-12-11-13(3)17-19-6-2/h7-11,14,17H,5-6,12H2,1-4H3. The first-order valence-corrected chi connectivity index (χ1v) is 7.09. The van der Waals surface area contributed by atoms with E-state index in [0.29, 0.717) is 13.2 Å². The summed E-state index contributed by atoms with van der Waals surface area (Å²) in [6, 6.07) is 7.68. The van der Waals surface area contributed by atoms with E-state index in [2.05, 4.69) is 19.3 Å². The Labute approximate surface area is 121 Å². The summed E-state index contributed by atoms with van der Waals surface area (Å²) in [6.07, 6.45) is 3.16. The highest BCUT2D eigenvalue weighted by molar-refractivity contribution is 5.31. The van der Waals surface area contributed by atoms with Gasteiger partial charge in [0.2, 0.25) is 0 Å². The van der Waals surface area contributed by atoms with Crippen molar-refractivity contribution in [1.82, 2.24) is 5.48 Å². The molecule has 0 heterocycles. The summed E-state index contributed by atoms with van der Waals surface area (Å²) in [4.78, 5) is 5.07. The van der Waals surface area contributed by atoms with Crippen LogP contribution in [-0.4, -0.2) is 19.3 Å². The van der Waals surface area contributed by atoms with Crippen LogP contribution in [0.2, 0.25) is 0 Å². The maximum Gasteiger partial charge on any atom is 0.120 e. The third-order valence-corrected chi connectivity index (χ3v) is 2.75. The van der Waals surface area contributed by atoms with Gasteiger partial charge in [-0.25, -0.2) is 0 Å². The summed E-state index contributed by atoms with van der Waals surface area (Å²) in [6.45, 7) is 9.15. The fourth-order valence-corrected chi connectivity index (χ4v) is 1.42. The number of benzene rings is 1. The highest BCUT2D eigenvalue weighted by atomic mass is 16.6. The minimum absolute atomic E-state index is 0.233. The minimum Gasteiger partial charge on any atom is -0.491 e. The monoisotopic (exact) mass is 279 g/mol. The zero-order valence-electron chi connectivity index (χ0n) is 12.8. The molecule has 0 fully saturated rings. The summed E-state index contributed by atoms with van der Waals surface area (Å²) in [7, 11) is 0. The number of nitrogens with one attached hydrogen (secondary N) is 1. The van der Waals surface area contributed by atoms with Crippen molar-refractivity contribution < 1.29 is 14.3 Å². The molecule has 1 unspecified atom stereocenters. The van der Waals surface area contributed by atoms with Crippen molar-refractivity contribution in [3.05, 3.63) is 36.0 Å². The van der Waals surface area contributed by atoms with Gasteiger partial charge in [-0.3, -0.25) is 10.3 Å². The van der Waals surface area contributed by atoms with Crippen molar-refractivity contribution in [2.24, 2.45) is 0 Å². The highest BCUT2D eigenvalue weighted by Crippen LogP contribution is 2.19. The lowest BCUT2D eigenvalue weighted by atomic mass is 10.3. The second-order valence-electron chi connectivity index (χ2n) is 4.54. The lowest BCUT2D eigenvalue weighted by Crippen LogP contribution is -2.12. The molecule has 1 N–H and O–H groups in total. The third kappa shape index (κ3) is 6.48. The molecule has 0 aromatic heterocycles. The summed E-state index contributed by atoms with van der Waals surface area (Å²) < 4.78 is 11.3. The van der Waals surface area contributed by atoms with Gasteiger partial charge in [0.15, 0.2) is 0 Å². The predicted octanol–water partition coefficient (Wildman–Crippen LogP) is 3.69. The van der Waals surface area contributed by atoms with Gasteiger partial charge in [0.1, 0.15) is 18.1 Å². The van der Waals surface area contributed by atoms with Crippen molar-refractivity contribution in [3.8, 4) is 11.5 Å². The van der Waals surface area contributed by atoms with E-state index in [-0.39, 0.29) is 6.10 Å². The molecular formula is C16H25NO3. The first-order chi connectivity index (χ1) is 9.65. The Morgan fingerprint density at radius 2 is 1.85 bits per heavy atom. The van der Waals surface area contributed by atoms with Crippen LogP contribution in [0.25, 0.3) is 0 Å². The second kappa shape index (κ2) is 9.26. The van der Waals surface area contributed by atoms with Gasteiger partial charge in [0.25, 0.3) is 0 Å². The van der Waals surface area contributed by atoms with Crippen molar-refractivity contribution in [3.63, 3.8) is 0 Å². The second-order valence-corrected chi connectivity index (χ2v) is 4.54. The van der Waals surface area contributed by atoms with Crippen molar-refractivity contribution in [2.75, 3.05) is 13.2 Å². The van der Waals surface area contributed by atoms with Crippen LogP contribution in [0.4, 0.5) is 0 Å². The largest absolute Gasteiger partial charge is 0.491 e. The Kier molecular flexibility index (Phi) is 7.58. The minimum atomic E-state index is 0.233. The van der Waals surface area contributed by atoms with Crippen LogP contribution in [-0.2, 0) is 4.84 Å². The molecule has 0 bridgehead atoms. The quantitative estimate of drug-likeness (QED) is 0.700. The molecule has 4 nitrogen and oxygen atoms in total. The molecule has 20 heavy (non-hydrogen) atoms. The molecule has 1 atom stereocenters. The molecule has 0 amide bonds. The fourth-order valence-electron chi connectivity index (χ4n) is 1.42. The van der Waals surface area contributed by atoms with Gasteiger partial charge in [0, 0.05) is 5.70 Å². The van der Waals surface area contributed by atoms with E-state index in [1.807, 2.05) is 44.2 Å². The van der Waals surface area contributed by atoms with Gasteiger partial charge in [-0.15, -0.1) is 0 Å². The van der Waals surface area contributed by atoms with Crippen molar-refractivity contribution in [2.45, 2.75) is 40.2 Å². The number of hydrogen-bond donors (Lipinski definition) is 1. The third-order valence-electron chi connectivity index (χ3n) is 2.75. The lowest BCUT2D eigenvalue weighted by molar-refractivity contribution is 0.0732. The van der Waals surface area contributed by atoms with Crippen molar-refractivity contribution >= 4 is 0 Å². The molecule has 0 radical (unpaired) electrons. The molecule has 112 valence electrons. The number of hydrogen-bond acceptors (Lipinski definition) is 4. The average Bonchev–Trinajstić information content (AvgIpc) is 2.46. The Morgan fingerprint density at radius 1 is 1.20 bits per heavy atom. The van der Waals surface area contributed by atoms with E-state index in [1.165, 1.54) is 0 Å². The maximum atomic E-state index is 5.71. The van der Waals surface area contributed by atoms with Crippen LogP contribution >= 0.6 is 0 Å². The number of hydroxylamine groups is 1. The van der Waals surface area contributed by atoms with Gasteiger partial charge < -0.3 is 9.47 Å². The first kappa shape index (κ1) is 16.4. The molecule has 4 heteroatoms. The Hall–Kier alpha value is -1.68. The van der Waals surface area contributed by atoms with E-state index < -0.39 is 0 Å². The molecule has 0 aliphatic rings. The van der Waals surface area contributed by atoms with Gasteiger partial charge in [-0.05, 0) is 57.5 Å². The van der Waals surface area contributed by atoms with Crippen molar-refractivity contribution in [1.29, 1.82) is 0 Å². The number of allylic oxidation sites excluding steroid dienone is 1. The van der Waals surface area contributed by atoms with E-state index in [9.17, 15) is 0 Å². The van der Waals surface area contributed by atoms with Crippen LogP contribution in [0.15, 0.2) is 36.0 Å². The van der Waals surface area contributed by atoms with E-state index in [0.717, 1.165) is 23.6 Å². The molecule has 0 spiro atoms. The zero-order chi connectivity index (χ0) is 14.8. The van der Waals surface area contributed by atoms with E-state index in [1.54, 1.807) is 0 Å². The van der Waals surface area contributed by atoms with E-state index >= 15 is 0 Å². The van der Waals surface area contributed by atoms with Crippen LogP contribution in [0.1, 0.15) is 34.1 Å². The first-order valence-electron chi connectivity index (χ1n) is 7.09. The molecule has 0 saturated heterocycles. The van der Waals surface area contributed by atoms with Crippen LogP contribution < -0.4 is 15.0 Å². The van der Waals surface area contributed by atoms with Gasteiger partial charge in [0.05, 0.1) is 12.7 Å². The number of rotatable bonds is 9. The normalized spacial score (nSPS) is 12.9. The van der Waals surface area contributed by atoms with Gasteiger partial charge in [-0.2, -0.15) is 0 Å². The van der Waals surface area contributed by atoms with Crippen LogP contribution in [0.5, 0.6) is 11.5 Å². The Morgan fingerprint density at radius 3 is 2.45 bits per heavy atom. The molecule has 0 saturated carbocycles. The Bertz CT molecular complexity index is 401. The summed E-state index contributed by atoms with van der Waals surface area (Å²) in [5, 5.41) is 0. The summed E-state index contributed by atoms with van der Waals surface area (Å²) in [5.41, 5.74) is 3.75. The topological polar surface area (TPSA) is 39.7 Å². The zero-order valence-corrected chi connectivity index (χ0v) is 12.8. The van der Waals surface area contributed by atoms with Crippen LogP contribution in [0.3, 0.4) is 0 Å². The summed E-state index contributed by atoms with van der Waals surface area (Å²) in [5.74, 6) is 1.69. The molecule has 1 rings (SSSR count). The van der Waals surface area contributed by atoms with Crippen LogP contribution in [0, 0.1) is 0 Å². The van der Waals surface area contributed by atoms with Gasteiger partial charge in [-0.1, -0.05) is 6.92 Å². The van der Waals surface area contributed by atoms with E-state index in [4.69, 9.17) is 14.3 Å². The molecule has 0 aliphatic heterocycles. The molecular weight excluding hydrogens is 254 g/mol. The summed E-state index contributed by atoms with van der Waals surface area (Å²) >= 11 is 0. The molecule has 0 aliphatic carbocycles. The molecule has 1 aromatic carbocycles. The average molecular weight is 279 g/mol. The lowest BCUT2D eigenvalue weighted by Gasteiger charge is -2.13. The number of ether oxygens (including phenoxy) is 2. The fraction of sp³-hybridized carbons (Fsp3) is 0.500. The maximum absolute atomic E-state index is 5.71. The predicted molar refractivity (Wildman–Crippen MR) is 80.8 cm³/mol.